The molecule has 1 saturated heterocycles. The van der Waals surface area contributed by atoms with Gasteiger partial charge in [-0.3, -0.25) is 9.89 Å². The predicted molar refractivity (Wildman–Crippen MR) is 81.6 cm³/mol. The Morgan fingerprint density at radius 2 is 2.33 bits per heavy atom. The Labute approximate surface area is 140 Å². The van der Waals surface area contributed by atoms with E-state index in [2.05, 4.69) is 5.10 Å². The van der Waals surface area contributed by atoms with E-state index in [0.29, 0.717) is 19.7 Å². The van der Waals surface area contributed by atoms with E-state index in [0.717, 1.165) is 24.5 Å². The monoisotopic (exact) mass is 359 g/mol. The van der Waals surface area contributed by atoms with Gasteiger partial charge in [-0.25, -0.2) is 0 Å². The molecule has 0 bridgehead atoms. The summed E-state index contributed by atoms with van der Waals surface area (Å²) in [4.78, 5) is 14.1. The second-order valence-electron chi connectivity index (χ2n) is 5.62. The number of alkyl halides is 3. The van der Waals surface area contributed by atoms with Gasteiger partial charge in [0.05, 0.1) is 6.10 Å². The van der Waals surface area contributed by atoms with Crippen LogP contribution in [0.3, 0.4) is 0 Å². The van der Waals surface area contributed by atoms with Crippen LogP contribution >= 0.6 is 11.3 Å². The smallest absolute Gasteiger partial charge is 0.376 e. The number of halogens is 3. The fourth-order valence-electron chi connectivity index (χ4n) is 2.59. The lowest BCUT2D eigenvalue weighted by atomic mass is 10.2. The summed E-state index contributed by atoms with van der Waals surface area (Å²) in [5.74, 6) is -0.538. The Bertz CT molecular complexity index is 678. The van der Waals surface area contributed by atoms with Gasteiger partial charge in [0.2, 0.25) is 0 Å². The van der Waals surface area contributed by atoms with Crippen molar-refractivity contribution >= 4 is 17.2 Å². The van der Waals surface area contributed by atoms with Gasteiger partial charge in [-0.05, 0) is 35.2 Å². The molecule has 9 heteroatoms. The first-order valence-electron chi connectivity index (χ1n) is 7.48. The van der Waals surface area contributed by atoms with E-state index in [1.165, 1.54) is 16.2 Å². The highest BCUT2D eigenvalue weighted by Gasteiger charge is 2.34. The second-order valence-corrected chi connectivity index (χ2v) is 6.40. The molecule has 1 aliphatic rings. The van der Waals surface area contributed by atoms with Crippen LogP contribution in [-0.2, 0) is 17.5 Å². The van der Waals surface area contributed by atoms with Gasteiger partial charge in [-0.15, -0.1) is 0 Å². The quantitative estimate of drug-likeness (QED) is 0.891. The molecule has 0 unspecified atom stereocenters. The largest absolute Gasteiger partial charge is 0.432 e. The number of rotatable bonds is 5. The first-order valence-corrected chi connectivity index (χ1v) is 8.42. The fraction of sp³-hybridized carbons (Fsp3) is 0.467. The molecule has 24 heavy (non-hydrogen) atoms. The first kappa shape index (κ1) is 17.0. The maximum absolute atomic E-state index is 12.7. The molecule has 1 fully saturated rings. The topological polar surface area (TPSA) is 58.2 Å². The predicted octanol–water partition coefficient (Wildman–Crippen LogP) is 3.31. The maximum Gasteiger partial charge on any atom is 0.432 e. The molecule has 0 aromatic carbocycles. The number of hydrogen-bond donors (Lipinski definition) is 1. The average molecular weight is 359 g/mol. The minimum atomic E-state index is -4.56. The van der Waals surface area contributed by atoms with Gasteiger partial charge < -0.3 is 9.64 Å². The Morgan fingerprint density at radius 1 is 1.50 bits per heavy atom. The number of aromatic amines is 1. The van der Waals surface area contributed by atoms with E-state index >= 15 is 0 Å². The third kappa shape index (κ3) is 3.96. The summed E-state index contributed by atoms with van der Waals surface area (Å²) < 4.78 is 43.6. The number of carbonyl (C=O) groups is 1. The van der Waals surface area contributed by atoms with Crippen molar-refractivity contribution in [2.75, 3.05) is 13.2 Å². The number of nitrogens with zero attached hydrogens (tertiary/aromatic N) is 2. The van der Waals surface area contributed by atoms with Crippen LogP contribution in [0.4, 0.5) is 13.2 Å². The van der Waals surface area contributed by atoms with Gasteiger partial charge in [-0.2, -0.15) is 29.6 Å². The molecule has 130 valence electrons. The highest BCUT2D eigenvalue weighted by Crippen LogP contribution is 2.28. The van der Waals surface area contributed by atoms with Crippen LogP contribution in [-0.4, -0.2) is 40.3 Å². The van der Waals surface area contributed by atoms with Crippen molar-refractivity contribution in [3.05, 3.63) is 39.8 Å². The Balaban J connectivity index is 1.77. The van der Waals surface area contributed by atoms with Crippen LogP contribution < -0.4 is 0 Å². The molecule has 2 aromatic heterocycles. The minimum absolute atomic E-state index is 0.0892. The van der Waals surface area contributed by atoms with Crippen molar-refractivity contribution < 1.29 is 22.7 Å². The van der Waals surface area contributed by atoms with Gasteiger partial charge in [-0.1, -0.05) is 0 Å². The Morgan fingerprint density at radius 3 is 2.92 bits per heavy atom. The third-order valence-corrected chi connectivity index (χ3v) is 4.52. The van der Waals surface area contributed by atoms with Crippen LogP contribution in [0.15, 0.2) is 22.9 Å². The van der Waals surface area contributed by atoms with Crippen LogP contribution in [0.1, 0.15) is 34.6 Å². The molecule has 1 N–H and O–H groups in total. The molecule has 1 amide bonds. The molecule has 1 atom stereocenters. The molecular formula is C15H16F3N3O2S. The number of ether oxygens (including phenoxy) is 1. The molecule has 5 nitrogen and oxygen atoms in total. The molecule has 0 saturated carbocycles. The van der Waals surface area contributed by atoms with Crippen molar-refractivity contribution in [2.45, 2.75) is 31.7 Å². The number of amides is 1. The summed E-state index contributed by atoms with van der Waals surface area (Å²) in [5.41, 5.74) is -0.341. The fourth-order valence-corrected chi connectivity index (χ4v) is 3.25. The van der Waals surface area contributed by atoms with Gasteiger partial charge in [0.25, 0.3) is 5.91 Å². The molecule has 0 spiro atoms. The van der Waals surface area contributed by atoms with Gasteiger partial charge >= 0.3 is 6.18 Å². The van der Waals surface area contributed by atoms with Crippen molar-refractivity contribution in [1.82, 2.24) is 15.1 Å². The third-order valence-electron chi connectivity index (χ3n) is 3.79. The van der Waals surface area contributed by atoms with Crippen molar-refractivity contribution in [2.24, 2.45) is 0 Å². The first-order chi connectivity index (χ1) is 11.4. The van der Waals surface area contributed by atoms with Gasteiger partial charge in [0.15, 0.2) is 5.69 Å². The van der Waals surface area contributed by atoms with Crippen LogP contribution in [0, 0.1) is 0 Å². The van der Waals surface area contributed by atoms with E-state index in [9.17, 15) is 18.0 Å². The molecule has 3 heterocycles. The summed E-state index contributed by atoms with van der Waals surface area (Å²) in [7, 11) is 0. The van der Waals surface area contributed by atoms with Crippen LogP contribution in [0.25, 0.3) is 0 Å². The highest BCUT2D eigenvalue weighted by atomic mass is 32.1. The number of aromatic nitrogens is 2. The molecule has 1 aliphatic heterocycles. The number of nitrogens with one attached hydrogen (secondary N) is 1. The van der Waals surface area contributed by atoms with Crippen molar-refractivity contribution in [3.8, 4) is 0 Å². The average Bonchev–Trinajstić information content (AvgIpc) is 3.27. The molecule has 3 rings (SSSR count). The Kier molecular flexibility index (Phi) is 4.91. The van der Waals surface area contributed by atoms with Crippen LogP contribution in [0.2, 0.25) is 0 Å². The van der Waals surface area contributed by atoms with E-state index < -0.39 is 17.8 Å². The number of H-pyrrole nitrogens is 1. The SMILES string of the molecule is O=C(c1cc(C(F)(F)F)[nH]n1)N(Cc1ccsc1)C[C@H]1CCCO1. The number of thiophene rings is 1. The van der Waals surface area contributed by atoms with Crippen LogP contribution in [0.5, 0.6) is 0 Å². The van der Waals surface area contributed by atoms with E-state index in [-0.39, 0.29) is 11.8 Å². The summed E-state index contributed by atoms with van der Waals surface area (Å²) in [6, 6.07) is 2.63. The molecule has 2 aromatic rings. The minimum Gasteiger partial charge on any atom is -0.376 e. The zero-order valence-corrected chi connectivity index (χ0v) is 13.5. The van der Waals surface area contributed by atoms with E-state index in [1.807, 2.05) is 21.9 Å². The normalized spacial score (nSPS) is 18.0. The standard InChI is InChI=1S/C15H16F3N3O2S/c16-15(17,18)13-6-12(19-20-13)14(22)21(7-10-3-5-24-9-10)8-11-2-1-4-23-11/h3,5-6,9,11H,1-2,4,7-8H2,(H,19,20)/t11-/m1/s1. The summed E-state index contributed by atoms with van der Waals surface area (Å²) in [5, 5.41) is 9.21. The maximum atomic E-state index is 12.7. The highest BCUT2D eigenvalue weighted by molar-refractivity contribution is 7.07. The summed E-state index contributed by atoms with van der Waals surface area (Å²) >= 11 is 1.50. The molecule has 0 aliphatic carbocycles. The number of carbonyl (C=O) groups excluding carboxylic acids is 1. The Hall–Kier alpha value is -1.87. The van der Waals surface area contributed by atoms with Crippen molar-refractivity contribution in [3.63, 3.8) is 0 Å². The second kappa shape index (κ2) is 6.94. The summed E-state index contributed by atoms with van der Waals surface area (Å²) in [6.07, 6.45) is -2.89. The van der Waals surface area contributed by atoms with Gasteiger partial charge in [0, 0.05) is 25.8 Å². The van der Waals surface area contributed by atoms with Crippen molar-refractivity contribution in [1.29, 1.82) is 0 Å². The lowest BCUT2D eigenvalue weighted by molar-refractivity contribution is -0.141. The van der Waals surface area contributed by atoms with E-state index in [1.54, 1.807) is 0 Å². The summed E-state index contributed by atoms with van der Waals surface area (Å²) in [6.45, 7) is 1.30. The number of hydrogen-bond acceptors (Lipinski definition) is 4. The van der Waals surface area contributed by atoms with Gasteiger partial charge in [0.1, 0.15) is 5.69 Å². The zero-order chi connectivity index (χ0) is 17.2. The van der Waals surface area contributed by atoms with E-state index in [4.69, 9.17) is 4.74 Å². The lowest BCUT2D eigenvalue weighted by Gasteiger charge is -2.24. The lowest BCUT2D eigenvalue weighted by Crippen LogP contribution is -2.37. The molecule has 0 radical (unpaired) electrons. The molecular weight excluding hydrogens is 343 g/mol. The zero-order valence-electron chi connectivity index (χ0n) is 12.7.